The number of hydrogen-bond acceptors (Lipinski definition) is 4. The predicted molar refractivity (Wildman–Crippen MR) is 90.2 cm³/mol. The van der Waals surface area contributed by atoms with Crippen LogP contribution >= 0.6 is 0 Å². The normalized spacial score (nSPS) is 11.2. The number of unbranched alkanes of at least 4 members (excludes halogenated alkanes) is 3. The lowest BCUT2D eigenvalue weighted by Gasteiger charge is -2.12. The van der Waals surface area contributed by atoms with Gasteiger partial charge in [-0.25, -0.2) is 0 Å². The molecular formula is C19H25F3O4. The van der Waals surface area contributed by atoms with Gasteiger partial charge in [-0.3, -0.25) is 9.59 Å². The third-order valence-corrected chi connectivity index (χ3v) is 3.73. The Morgan fingerprint density at radius 3 is 2.23 bits per heavy atom. The van der Waals surface area contributed by atoms with Gasteiger partial charge in [-0.1, -0.05) is 44.4 Å². The highest BCUT2D eigenvalue weighted by Crippen LogP contribution is 2.32. The SMILES string of the molecule is CCCCCCOC(=O)CCCC(=O)OCc1ccccc1C(F)(F)F. The van der Waals surface area contributed by atoms with Crippen molar-refractivity contribution in [2.45, 2.75) is 64.7 Å². The summed E-state index contributed by atoms with van der Waals surface area (Å²) >= 11 is 0. The zero-order valence-electron chi connectivity index (χ0n) is 14.9. The zero-order valence-corrected chi connectivity index (χ0v) is 14.9. The van der Waals surface area contributed by atoms with Gasteiger partial charge in [-0.15, -0.1) is 0 Å². The fourth-order valence-electron chi connectivity index (χ4n) is 2.32. The molecule has 0 fully saturated rings. The fraction of sp³-hybridized carbons (Fsp3) is 0.579. The topological polar surface area (TPSA) is 52.6 Å². The summed E-state index contributed by atoms with van der Waals surface area (Å²) in [4.78, 5) is 23.1. The Morgan fingerprint density at radius 1 is 0.923 bits per heavy atom. The van der Waals surface area contributed by atoms with E-state index in [2.05, 4.69) is 6.92 Å². The van der Waals surface area contributed by atoms with Gasteiger partial charge in [0.15, 0.2) is 0 Å². The first-order valence-corrected chi connectivity index (χ1v) is 8.81. The Balaban J connectivity index is 2.25. The van der Waals surface area contributed by atoms with Gasteiger partial charge in [0.1, 0.15) is 6.61 Å². The highest BCUT2D eigenvalue weighted by molar-refractivity contribution is 5.72. The van der Waals surface area contributed by atoms with Crippen molar-refractivity contribution in [3.8, 4) is 0 Å². The van der Waals surface area contributed by atoms with E-state index in [0.29, 0.717) is 6.61 Å². The number of benzene rings is 1. The molecule has 0 unspecified atom stereocenters. The fourth-order valence-corrected chi connectivity index (χ4v) is 2.32. The minimum Gasteiger partial charge on any atom is -0.466 e. The van der Waals surface area contributed by atoms with E-state index in [1.165, 1.54) is 18.2 Å². The van der Waals surface area contributed by atoms with Gasteiger partial charge in [-0.05, 0) is 18.9 Å². The summed E-state index contributed by atoms with van der Waals surface area (Å²) in [5, 5.41) is 0. The standard InChI is InChI=1S/C19H25F3O4/c1-2-3-4-7-13-25-17(23)11-8-12-18(24)26-14-15-9-5-6-10-16(15)19(20,21)22/h5-6,9-10H,2-4,7-8,11-14H2,1H3. The van der Waals surface area contributed by atoms with Crippen LogP contribution in [0.3, 0.4) is 0 Å². The summed E-state index contributed by atoms with van der Waals surface area (Å²) in [6, 6.07) is 4.95. The van der Waals surface area contributed by atoms with Crippen LogP contribution in [0, 0.1) is 0 Å². The Kier molecular flexibility index (Phi) is 9.76. The smallest absolute Gasteiger partial charge is 0.416 e. The summed E-state index contributed by atoms with van der Waals surface area (Å²) in [6.45, 7) is 2.01. The summed E-state index contributed by atoms with van der Waals surface area (Å²) in [5.41, 5.74) is -0.917. The molecule has 146 valence electrons. The van der Waals surface area contributed by atoms with E-state index in [1.54, 1.807) is 0 Å². The summed E-state index contributed by atoms with van der Waals surface area (Å²) < 4.78 is 48.4. The van der Waals surface area contributed by atoms with Crippen molar-refractivity contribution in [1.82, 2.24) is 0 Å². The summed E-state index contributed by atoms with van der Waals surface area (Å²) in [6.07, 6.45) is -0.182. The molecule has 1 aromatic carbocycles. The molecule has 0 bridgehead atoms. The van der Waals surface area contributed by atoms with Crippen molar-refractivity contribution >= 4 is 11.9 Å². The quantitative estimate of drug-likeness (QED) is 0.402. The largest absolute Gasteiger partial charge is 0.466 e. The molecule has 0 saturated heterocycles. The Labute approximate surface area is 151 Å². The second-order valence-electron chi connectivity index (χ2n) is 5.95. The van der Waals surface area contributed by atoms with Gasteiger partial charge in [0.05, 0.1) is 12.2 Å². The second kappa shape index (κ2) is 11.5. The van der Waals surface area contributed by atoms with Crippen LogP contribution in [0.2, 0.25) is 0 Å². The van der Waals surface area contributed by atoms with E-state index < -0.39 is 24.3 Å². The molecule has 0 radical (unpaired) electrons. The minimum absolute atomic E-state index is 0.0425. The van der Waals surface area contributed by atoms with Gasteiger partial charge >= 0.3 is 18.1 Å². The van der Waals surface area contributed by atoms with Gasteiger partial charge in [0.25, 0.3) is 0 Å². The van der Waals surface area contributed by atoms with E-state index >= 15 is 0 Å². The van der Waals surface area contributed by atoms with Crippen LogP contribution in [0.1, 0.15) is 63.0 Å². The van der Waals surface area contributed by atoms with E-state index in [4.69, 9.17) is 9.47 Å². The van der Waals surface area contributed by atoms with Crippen molar-refractivity contribution in [1.29, 1.82) is 0 Å². The molecule has 0 aliphatic heterocycles. The first kappa shape index (κ1) is 22.0. The Hall–Kier alpha value is -2.05. The average molecular weight is 374 g/mol. The monoisotopic (exact) mass is 374 g/mol. The van der Waals surface area contributed by atoms with Crippen LogP contribution in [-0.4, -0.2) is 18.5 Å². The molecule has 1 aromatic rings. The van der Waals surface area contributed by atoms with E-state index in [-0.39, 0.29) is 30.8 Å². The molecule has 7 heteroatoms. The van der Waals surface area contributed by atoms with Crippen molar-refractivity contribution in [2.24, 2.45) is 0 Å². The zero-order chi connectivity index (χ0) is 19.4. The molecule has 26 heavy (non-hydrogen) atoms. The van der Waals surface area contributed by atoms with Gasteiger partial charge in [0.2, 0.25) is 0 Å². The van der Waals surface area contributed by atoms with Crippen molar-refractivity contribution in [2.75, 3.05) is 6.61 Å². The first-order valence-electron chi connectivity index (χ1n) is 8.81. The Morgan fingerprint density at radius 2 is 1.58 bits per heavy atom. The van der Waals surface area contributed by atoms with Gasteiger partial charge < -0.3 is 9.47 Å². The number of rotatable bonds is 11. The molecule has 4 nitrogen and oxygen atoms in total. The minimum atomic E-state index is -4.50. The van der Waals surface area contributed by atoms with Crippen LogP contribution in [-0.2, 0) is 31.8 Å². The molecule has 0 amide bonds. The van der Waals surface area contributed by atoms with Crippen molar-refractivity contribution in [3.05, 3.63) is 35.4 Å². The maximum Gasteiger partial charge on any atom is 0.416 e. The van der Waals surface area contributed by atoms with Gasteiger partial charge in [-0.2, -0.15) is 13.2 Å². The van der Waals surface area contributed by atoms with Crippen LogP contribution in [0.15, 0.2) is 24.3 Å². The second-order valence-corrected chi connectivity index (χ2v) is 5.95. The average Bonchev–Trinajstić information content (AvgIpc) is 2.59. The first-order chi connectivity index (χ1) is 12.3. The van der Waals surface area contributed by atoms with Crippen molar-refractivity contribution in [3.63, 3.8) is 0 Å². The molecule has 0 saturated carbocycles. The molecule has 0 atom stereocenters. The number of hydrogen-bond donors (Lipinski definition) is 0. The molecule has 0 aliphatic carbocycles. The number of ether oxygens (including phenoxy) is 2. The molecule has 0 aromatic heterocycles. The number of alkyl halides is 3. The lowest BCUT2D eigenvalue weighted by Crippen LogP contribution is -2.12. The number of carbonyl (C=O) groups is 2. The number of esters is 2. The van der Waals surface area contributed by atoms with E-state index in [1.807, 2.05) is 0 Å². The van der Waals surface area contributed by atoms with E-state index in [9.17, 15) is 22.8 Å². The van der Waals surface area contributed by atoms with Crippen molar-refractivity contribution < 1.29 is 32.2 Å². The van der Waals surface area contributed by atoms with E-state index in [0.717, 1.165) is 31.7 Å². The third-order valence-electron chi connectivity index (χ3n) is 3.73. The van der Waals surface area contributed by atoms with Gasteiger partial charge in [0, 0.05) is 18.4 Å². The number of halogens is 3. The summed E-state index contributed by atoms with van der Waals surface area (Å²) in [7, 11) is 0. The van der Waals surface area contributed by atoms with Crippen LogP contribution in [0.5, 0.6) is 0 Å². The highest BCUT2D eigenvalue weighted by Gasteiger charge is 2.33. The third kappa shape index (κ3) is 8.87. The van der Waals surface area contributed by atoms with Crippen LogP contribution < -0.4 is 0 Å². The molecule has 0 heterocycles. The summed E-state index contributed by atoms with van der Waals surface area (Å²) in [5.74, 6) is -1.02. The highest BCUT2D eigenvalue weighted by atomic mass is 19.4. The number of carbonyl (C=O) groups excluding carboxylic acids is 2. The molecule has 1 rings (SSSR count). The van der Waals surface area contributed by atoms with Crippen LogP contribution in [0.25, 0.3) is 0 Å². The maximum absolute atomic E-state index is 12.8. The molecular weight excluding hydrogens is 349 g/mol. The molecule has 0 aliphatic rings. The predicted octanol–water partition coefficient (Wildman–Crippen LogP) is 5.04. The Bertz CT molecular complexity index is 570. The molecule has 0 spiro atoms. The lowest BCUT2D eigenvalue weighted by atomic mass is 10.1. The molecule has 0 N–H and O–H groups in total. The lowest BCUT2D eigenvalue weighted by molar-refractivity contribution is -0.148. The van der Waals surface area contributed by atoms with Crippen LogP contribution in [0.4, 0.5) is 13.2 Å². The maximum atomic E-state index is 12.8.